The van der Waals surface area contributed by atoms with Gasteiger partial charge >= 0.3 is 0 Å². The first-order valence-electron chi connectivity index (χ1n) is 10.2. The van der Waals surface area contributed by atoms with Gasteiger partial charge in [0.05, 0.1) is 0 Å². The van der Waals surface area contributed by atoms with Crippen LogP contribution in [0.15, 0.2) is 48.0 Å². The summed E-state index contributed by atoms with van der Waals surface area (Å²) < 4.78 is 6.24. The Hall–Kier alpha value is -2.59. The van der Waals surface area contributed by atoms with Crippen LogP contribution in [0.1, 0.15) is 48.2 Å². The molecule has 0 aliphatic carbocycles. The van der Waals surface area contributed by atoms with Crippen LogP contribution in [0.3, 0.4) is 0 Å². The molecular weight excluding hydrogens is 348 g/mol. The first-order valence-corrected chi connectivity index (χ1v) is 10.2. The van der Waals surface area contributed by atoms with Crippen molar-refractivity contribution in [2.24, 2.45) is 0 Å². The largest absolute Gasteiger partial charge is 0.456 e. The zero-order valence-electron chi connectivity index (χ0n) is 17.0. The van der Waals surface area contributed by atoms with Crippen molar-refractivity contribution in [1.29, 1.82) is 0 Å². The molecule has 0 bridgehead atoms. The Balaban J connectivity index is 1.80. The van der Waals surface area contributed by atoms with Crippen LogP contribution in [-0.2, 0) is 0 Å². The van der Waals surface area contributed by atoms with Crippen LogP contribution in [-0.4, -0.2) is 48.9 Å². The van der Waals surface area contributed by atoms with Gasteiger partial charge in [-0.15, -0.1) is 0 Å². The van der Waals surface area contributed by atoms with Gasteiger partial charge in [-0.1, -0.05) is 23.8 Å². The van der Waals surface area contributed by atoms with Gasteiger partial charge in [0.25, 0.3) is 5.91 Å². The van der Waals surface area contributed by atoms with Crippen molar-refractivity contribution in [3.63, 3.8) is 0 Å². The third kappa shape index (κ3) is 3.33. The third-order valence-electron chi connectivity index (χ3n) is 5.87. The Kier molecular flexibility index (Phi) is 5.23. The molecular formula is C24H28N2O2. The minimum atomic E-state index is 0.0590. The van der Waals surface area contributed by atoms with Crippen molar-refractivity contribution >= 4 is 11.5 Å². The van der Waals surface area contributed by atoms with Crippen molar-refractivity contribution in [3.05, 3.63) is 64.7 Å². The number of piperidine rings is 1. The van der Waals surface area contributed by atoms with E-state index in [1.165, 1.54) is 11.1 Å². The Morgan fingerprint density at radius 3 is 2.39 bits per heavy atom. The molecule has 1 saturated heterocycles. The fourth-order valence-corrected chi connectivity index (χ4v) is 4.18. The number of carbonyl (C=O) groups is 1. The van der Waals surface area contributed by atoms with Crippen LogP contribution in [0.4, 0.5) is 0 Å². The molecule has 0 N–H and O–H groups in total. The van der Waals surface area contributed by atoms with Crippen molar-refractivity contribution in [1.82, 2.24) is 9.80 Å². The smallest absolute Gasteiger partial charge is 0.253 e. The third-order valence-corrected chi connectivity index (χ3v) is 5.87. The van der Waals surface area contributed by atoms with Crippen molar-refractivity contribution < 1.29 is 9.53 Å². The number of ether oxygens (including phenoxy) is 1. The molecule has 2 aromatic carbocycles. The Labute approximate surface area is 167 Å². The SMILES string of the molecule is CCN(CC)C(=O)c1ccc2c(c1)Oc1ccccc1C2=C1CCN(C)CC1. The maximum absolute atomic E-state index is 12.8. The molecule has 0 spiro atoms. The lowest BCUT2D eigenvalue weighted by Gasteiger charge is -2.30. The number of hydrogen-bond donors (Lipinski definition) is 0. The lowest BCUT2D eigenvalue weighted by molar-refractivity contribution is 0.0772. The number of fused-ring (bicyclic) bond motifs is 2. The van der Waals surface area contributed by atoms with Gasteiger partial charge in [-0.25, -0.2) is 0 Å². The summed E-state index contributed by atoms with van der Waals surface area (Å²) in [5.41, 5.74) is 5.74. The fourth-order valence-electron chi connectivity index (χ4n) is 4.18. The molecule has 0 radical (unpaired) electrons. The average Bonchev–Trinajstić information content (AvgIpc) is 2.73. The standard InChI is InChI=1S/C24H28N2O2/c1-4-26(5-2)24(27)18-10-11-20-22(16-18)28-21-9-7-6-8-19(21)23(20)17-12-14-25(3)15-13-17/h6-11,16H,4-5,12-15H2,1-3H3. The van der Waals surface area contributed by atoms with Crippen molar-refractivity contribution in [2.45, 2.75) is 26.7 Å². The quantitative estimate of drug-likeness (QED) is 0.658. The summed E-state index contributed by atoms with van der Waals surface area (Å²) in [5.74, 6) is 1.73. The highest BCUT2D eigenvalue weighted by Crippen LogP contribution is 2.46. The first-order chi connectivity index (χ1) is 13.6. The van der Waals surface area contributed by atoms with E-state index < -0.39 is 0 Å². The lowest BCUT2D eigenvalue weighted by Crippen LogP contribution is -2.30. The molecule has 0 aromatic heterocycles. The second-order valence-electron chi connectivity index (χ2n) is 7.57. The fraction of sp³-hybridized carbons (Fsp3) is 0.375. The van der Waals surface area contributed by atoms with Crippen LogP contribution in [0.2, 0.25) is 0 Å². The predicted octanol–water partition coefficient (Wildman–Crippen LogP) is 4.80. The molecule has 0 saturated carbocycles. The second kappa shape index (κ2) is 7.80. The summed E-state index contributed by atoms with van der Waals surface area (Å²) in [4.78, 5) is 17.0. The van der Waals surface area contributed by atoms with Gasteiger partial charge in [-0.3, -0.25) is 4.79 Å². The zero-order chi connectivity index (χ0) is 19.7. The highest BCUT2D eigenvalue weighted by atomic mass is 16.5. The lowest BCUT2D eigenvalue weighted by atomic mass is 9.86. The number of amides is 1. The molecule has 28 heavy (non-hydrogen) atoms. The van der Waals surface area contributed by atoms with E-state index in [9.17, 15) is 4.79 Å². The van der Waals surface area contributed by atoms with Gasteiger partial charge < -0.3 is 14.5 Å². The van der Waals surface area contributed by atoms with E-state index in [4.69, 9.17) is 4.74 Å². The number of carbonyl (C=O) groups excluding carboxylic acids is 1. The molecule has 2 heterocycles. The Morgan fingerprint density at radius 1 is 1.00 bits per heavy atom. The van der Waals surface area contributed by atoms with E-state index in [0.717, 1.165) is 48.6 Å². The van der Waals surface area contributed by atoms with Crippen LogP contribution in [0.5, 0.6) is 11.5 Å². The van der Waals surface area contributed by atoms with E-state index in [1.807, 2.05) is 43.0 Å². The van der Waals surface area contributed by atoms with Crippen LogP contribution in [0, 0.1) is 0 Å². The van der Waals surface area contributed by atoms with Gasteiger partial charge in [-0.05, 0) is 63.6 Å². The first kappa shape index (κ1) is 18.8. The number of hydrogen-bond acceptors (Lipinski definition) is 3. The normalized spacial score (nSPS) is 16.2. The molecule has 146 valence electrons. The molecule has 1 amide bonds. The van der Waals surface area contributed by atoms with E-state index >= 15 is 0 Å². The molecule has 2 aliphatic rings. The highest BCUT2D eigenvalue weighted by molar-refractivity contribution is 5.97. The topological polar surface area (TPSA) is 32.8 Å². The summed E-state index contributed by atoms with van der Waals surface area (Å²) in [5, 5.41) is 0. The van der Waals surface area contributed by atoms with Crippen LogP contribution in [0.25, 0.3) is 5.57 Å². The minimum Gasteiger partial charge on any atom is -0.456 e. The van der Waals surface area contributed by atoms with E-state index in [2.05, 4.69) is 30.1 Å². The number of rotatable bonds is 3. The molecule has 1 fully saturated rings. The molecule has 4 nitrogen and oxygen atoms in total. The monoisotopic (exact) mass is 376 g/mol. The molecule has 2 aromatic rings. The molecule has 0 unspecified atom stereocenters. The summed E-state index contributed by atoms with van der Waals surface area (Å²) >= 11 is 0. The van der Waals surface area contributed by atoms with Gasteiger partial charge in [0.1, 0.15) is 11.5 Å². The number of nitrogens with zero attached hydrogens (tertiary/aromatic N) is 2. The summed E-state index contributed by atoms with van der Waals surface area (Å²) in [6, 6.07) is 14.2. The molecule has 0 atom stereocenters. The summed E-state index contributed by atoms with van der Waals surface area (Å²) in [6.07, 6.45) is 2.14. The predicted molar refractivity (Wildman–Crippen MR) is 113 cm³/mol. The maximum Gasteiger partial charge on any atom is 0.253 e. The summed E-state index contributed by atoms with van der Waals surface area (Å²) in [6.45, 7) is 7.59. The number of para-hydroxylation sites is 1. The van der Waals surface area contributed by atoms with Crippen LogP contribution >= 0.6 is 0 Å². The second-order valence-corrected chi connectivity index (χ2v) is 7.57. The van der Waals surface area contributed by atoms with Gasteiger partial charge in [0.2, 0.25) is 0 Å². The molecule has 4 heteroatoms. The van der Waals surface area contributed by atoms with Gasteiger partial charge in [-0.2, -0.15) is 0 Å². The number of likely N-dealkylation sites (tertiary alicyclic amines) is 1. The molecule has 2 aliphatic heterocycles. The van der Waals surface area contributed by atoms with E-state index in [-0.39, 0.29) is 5.91 Å². The van der Waals surface area contributed by atoms with Crippen molar-refractivity contribution in [3.8, 4) is 11.5 Å². The zero-order valence-corrected chi connectivity index (χ0v) is 17.0. The number of benzene rings is 2. The van der Waals surface area contributed by atoms with Crippen molar-refractivity contribution in [2.75, 3.05) is 33.2 Å². The Bertz CT molecular complexity index is 918. The van der Waals surface area contributed by atoms with E-state index in [1.54, 1.807) is 0 Å². The van der Waals surface area contributed by atoms with Gasteiger partial charge in [0.15, 0.2) is 0 Å². The Morgan fingerprint density at radius 2 is 1.68 bits per heavy atom. The summed E-state index contributed by atoms with van der Waals surface area (Å²) in [7, 11) is 2.18. The van der Waals surface area contributed by atoms with Gasteiger partial charge in [0, 0.05) is 42.9 Å². The highest BCUT2D eigenvalue weighted by Gasteiger charge is 2.27. The van der Waals surface area contributed by atoms with E-state index in [0.29, 0.717) is 18.7 Å². The van der Waals surface area contributed by atoms with Crippen LogP contribution < -0.4 is 4.74 Å². The minimum absolute atomic E-state index is 0.0590. The molecule has 4 rings (SSSR count). The maximum atomic E-state index is 12.8. The average molecular weight is 377 g/mol.